The van der Waals surface area contributed by atoms with Crippen LogP contribution in [0.1, 0.15) is 0 Å². The minimum atomic E-state index is 0.994. The predicted octanol–water partition coefficient (Wildman–Crippen LogP) is 7.12. The SMILES string of the molecule is Brc1cccc(-n2nc(-c3ccccc3)c3cc(-c4ccccc4)ccc32)c1. The third-order valence-electron chi connectivity index (χ3n) is 4.89. The molecular formula is C25H17BrN2. The maximum atomic E-state index is 5.00. The lowest BCUT2D eigenvalue weighted by molar-refractivity contribution is 0.914. The van der Waals surface area contributed by atoms with Crippen molar-refractivity contribution in [1.82, 2.24) is 9.78 Å². The summed E-state index contributed by atoms with van der Waals surface area (Å²) in [6.45, 7) is 0. The van der Waals surface area contributed by atoms with Gasteiger partial charge < -0.3 is 0 Å². The Morgan fingerprint density at radius 3 is 2.04 bits per heavy atom. The van der Waals surface area contributed by atoms with Crippen molar-refractivity contribution in [2.75, 3.05) is 0 Å². The van der Waals surface area contributed by atoms with Crippen molar-refractivity contribution >= 4 is 26.8 Å². The van der Waals surface area contributed by atoms with Crippen LogP contribution in [0.5, 0.6) is 0 Å². The number of nitrogens with zero attached hydrogens (tertiary/aromatic N) is 2. The summed E-state index contributed by atoms with van der Waals surface area (Å²) in [5.41, 5.74) is 6.64. The number of halogens is 1. The van der Waals surface area contributed by atoms with Crippen LogP contribution in [-0.4, -0.2) is 9.78 Å². The van der Waals surface area contributed by atoms with E-state index in [2.05, 4.69) is 94.8 Å². The molecule has 134 valence electrons. The second-order valence-corrected chi connectivity index (χ2v) is 7.62. The van der Waals surface area contributed by atoms with Crippen molar-refractivity contribution in [2.24, 2.45) is 0 Å². The van der Waals surface area contributed by atoms with E-state index in [-0.39, 0.29) is 0 Å². The second-order valence-electron chi connectivity index (χ2n) is 6.70. The molecule has 0 fully saturated rings. The first-order chi connectivity index (χ1) is 13.8. The van der Waals surface area contributed by atoms with Crippen molar-refractivity contribution in [3.63, 3.8) is 0 Å². The molecule has 0 N–H and O–H groups in total. The van der Waals surface area contributed by atoms with Gasteiger partial charge in [-0.05, 0) is 41.5 Å². The molecular weight excluding hydrogens is 408 g/mol. The summed E-state index contributed by atoms with van der Waals surface area (Å²) in [4.78, 5) is 0. The highest BCUT2D eigenvalue weighted by Crippen LogP contribution is 2.33. The van der Waals surface area contributed by atoms with Crippen LogP contribution in [0.15, 0.2) is 108 Å². The van der Waals surface area contributed by atoms with Crippen LogP contribution in [0.3, 0.4) is 0 Å². The molecule has 0 atom stereocenters. The van der Waals surface area contributed by atoms with Crippen LogP contribution in [-0.2, 0) is 0 Å². The lowest BCUT2D eigenvalue weighted by atomic mass is 10.0. The number of rotatable bonds is 3. The highest BCUT2D eigenvalue weighted by Gasteiger charge is 2.14. The Kier molecular flexibility index (Phi) is 4.30. The molecule has 0 aliphatic rings. The first-order valence-electron chi connectivity index (χ1n) is 9.19. The fourth-order valence-electron chi connectivity index (χ4n) is 3.54. The minimum absolute atomic E-state index is 0.994. The molecule has 0 radical (unpaired) electrons. The highest BCUT2D eigenvalue weighted by molar-refractivity contribution is 9.10. The van der Waals surface area contributed by atoms with Gasteiger partial charge in [0.2, 0.25) is 0 Å². The largest absolute Gasteiger partial charge is 0.232 e. The van der Waals surface area contributed by atoms with Gasteiger partial charge >= 0.3 is 0 Å². The van der Waals surface area contributed by atoms with Crippen molar-refractivity contribution in [3.8, 4) is 28.1 Å². The third kappa shape index (κ3) is 3.04. The summed E-state index contributed by atoms with van der Waals surface area (Å²) in [5.74, 6) is 0. The average molecular weight is 425 g/mol. The second kappa shape index (κ2) is 7.10. The summed E-state index contributed by atoms with van der Waals surface area (Å²) in [6.07, 6.45) is 0. The quantitative estimate of drug-likeness (QED) is 0.301. The van der Waals surface area contributed by atoms with E-state index >= 15 is 0 Å². The predicted molar refractivity (Wildman–Crippen MR) is 120 cm³/mol. The zero-order valence-corrected chi connectivity index (χ0v) is 16.7. The molecule has 0 saturated carbocycles. The Labute approximate surface area is 172 Å². The van der Waals surface area contributed by atoms with Crippen molar-refractivity contribution in [3.05, 3.63) is 108 Å². The van der Waals surface area contributed by atoms with E-state index in [4.69, 9.17) is 5.10 Å². The van der Waals surface area contributed by atoms with Gasteiger partial charge in [-0.3, -0.25) is 0 Å². The molecule has 1 heterocycles. The van der Waals surface area contributed by atoms with Gasteiger partial charge in [0.25, 0.3) is 0 Å². The van der Waals surface area contributed by atoms with Crippen molar-refractivity contribution in [1.29, 1.82) is 0 Å². The van der Waals surface area contributed by atoms with Gasteiger partial charge in [0.15, 0.2) is 0 Å². The van der Waals surface area contributed by atoms with Crippen molar-refractivity contribution in [2.45, 2.75) is 0 Å². The Morgan fingerprint density at radius 1 is 0.607 bits per heavy atom. The van der Waals surface area contributed by atoms with Gasteiger partial charge in [-0.25, -0.2) is 4.68 Å². The van der Waals surface area contributed by atoms with E-state index < -0.39 is 0 Å². The Morgan fingerprint density at radius 2 is 1.32 bits per heavy atom. The minimum Gasteiger partial charge on any atom is -0.232 e. The molecule has 0 unspecified atom stereocenters. The molecule has 0 aliphatic carbocycles. The number of benzene rings is 4. The van der Waals surface area contributed by atoms with E-state index in [0.717, 1.165) is 32.3 Å². The van der Waals surface area contributed by atoms with Gasteiger partial charge in [-0.2, -0.15) is 5.10 Å². The van der Waals surface area contributed by atoms with Crippen molar-refractivity contribution < 1.29 is 0 Å². The van der Waals surface area contributed by atoms with E-state index in [1.54, 1.807) is 0 Å². The van der Waals surface area contributed by atoms with E-state index in [1.165, 1.54) is 11.1 Å². The summed E-state index contributed by atoms with van der Waals surface area (Å²) < 4.78 is 3.06. The Hall–Kier alpha value is -3.17. The van der Waals surface area contributed by atoms with Crippen LogP contribution in [0, 0.1) is 0 Å². The molecule has 0 amide bonds. The highest BCUT2D eigenvalue weighted by atomic mass is 79.9. The number of fused-ring (bicyclic) bond motifs is 1. The zero-order chi connectivity index (χ0) is 18.9. The molecule has 2 nitrogen and oxygen atoms in total. The molecule has 0 spiro atoms. The van der Waals surface area contributed by atoms with E-state index in [1.807, 2.05) is 28.9 Å². The number of hydrogen-bond donors (Lipinski definition) is 0. The summed E-state index contributed by atoms with van der Waals surface area (Å²) in [5, 5.41) is 6.15. The maximum absolute atomic E-state index is 5.00. The van der Waals surface area contributed by atoms with Crippen LogP contribution in [0.25, 0.3) is 39.0 Å². The maximum Gasteiger partial charge on any atom is 0.101 e. The first-order valence-corrected chi connectivity index (χ1v) is 9.98. The Balaban J connectivity index is 1.78. The molecule has 5 rings (SSSR count). The van der Waals surface area contributed by atoms with Gasteiger partial charge in [0, 0.05) is 15.4 Å². The van der Waals surface area contributed by atoms with Crippen LogP contribution in [0.2, 0.25) is 0 Å². The fourth-order valence-corrected chi connectivity index (χ4v) is 3.93. The van der Waals surface area contributed by atoms with Gasteiger partial charge in [-0.15, -0.1) is 0 Å². The lowest BCUT2D eigenvalue weighted by Crippen LogP contribution is -1.96. The molecule has 1 aromatic heterocycles. The van der Waals surface area contributed by atoms with Gasteiger partial charge in [0.1, 0.15) is 5.69 Å². The van der Waals surface area contributed by atoms with E-state index in [9.17, 15) is 0 Å². The molecule has 28 heavy (non-hydrogen) atoms. The molecule has 3 heteroatoms. The van der Waals surface area contributed by atoms with Gasteiger partial charge in [-0.1, -0.05) is 88.7 Å². The summed E-state index contributed by atoms with van der Waals surface area (Å²) >= 11 is 3.58. The first kappa shape index (κ1) is 17.0. The summed E-state index contributed by atoms with van der Waals surface area (Å²) in [6, 6.07) is 35.7. The summed E-state index contributed by atoms with van der Waals surface area (Å²) in [7, 11) is 0. The molecule has 4 aromatic carbocycles. The van der Waals surface area contributed by atoms with Crippen LogP contribution < -0.4 is 0 Å². The smallest absolute Gasteiger partial charge is 0.101 e. The number of aromatic nitrogens is 2. The van der Waals surface area contributed by atoms with Gasteiger partial charge in [0.05, 0.1) is 11.2 Å². The fraction of sp³-hybridized carbons (Fsp3) is 0. The monoisotopic (exact) mass is 424 g/mol. The lowest BCUT2D eigenvalue weighted by Gasteiger charge is -2.05. The zero-order valence-electron chi connectivity index (χ0n) is 15.1. The topological polar surface area (TPSA) is 17.8 Å². The normalized spacial score (nSPS) is 11.0. The molecule has 5 aromatic rings. The molecule has 0 saturated heterocycles. The molecule has 0 bridgehead atoms. The van der Waals surface area contributed by atoms with Crippen LogP contribution in [0.4, 0.5) is 0 Å². The average Bonchev–Trinajstić information content (AvgIpc) is 3.14. The Bertz CT molecular complexity index is 1260. The van der Waals surface area contributed by atoms with E-state index in [0.29, 0.717) is 0 Å². The number of hydrogen-bond acceptors (Lipinski definition) is 1. The standard InChI is InChI=1S/C25H17BrN2/c26-21-12-7-13-22(17-21)28-24-15-14-20(18-8-3-1-4-9-18)16-23(24)25(27-28)19-10-5-2-6-11-19/h1-17H. The molecule has 0 aliphatic heterocycles. The third-order valence-corrected chi connectivity index (χ3v) is 5.38. The van der Waals surface area contributed by atoms with Crippen LogP contribution >= 0.6 is 15.9 Å².